The lowest BCUT2D eigenvalue weighted by Gasteiger charge is -2.24. The smallest absolute Gasteiger partial charge is 0.223 e. The minimum absolute atomic E-state index is 0.199. The molecule has 116 valence electrons. The molecule has 0 saturated carbocycles. The van der Waals surface area contributed by atoms with Gasteiger partial charge in [0, 0.05) is 45.0 Å². The maximum absolute atomic E-state index is 11.8. The quantitative estimate of drug-likeness (QED) is 0.704. The van der Waals surface area contributed by atoms with E-state index in [4.69, 9.17) is 4.74 Å². The van der Waals surface area contributed by atoms with Crippen LogP contribution in [0.15, 0.2) is 36.2 Å². The van der Waals surface area contributed by atoms with E-state index in [0.717, 1.165) is 5.69 Å². The molecular weight excluding hydrogens is 268 g/mol. The van der Waals surface area contributed by atoms with E-state index < -0.39 is 0 Å². The maximum Gasteiger partial charge on any atom is 0.223 e. The Morgan fingerprint density at radius 1 is 1.38 bits per heavy atom. The molecule has 0 bridgehead atoms. The van der Waals surface area contributed by atoms with Gasteiger partial charge >= 0.3 is 0 Å². The zero-order chi connectivity index (χ0) is 15.8. The van der Waals surface area contributed by atoms with Crippen LogP contribution in [0.1, 0.15) is 11.4 Å². The van der Waals surface area contributed by atoms with Gasteiger partial charge in [-0.2, -0.15) is 0 Å². The van der Waals surface area contributed by atoms with E-state index >= 15 is 0 Å². The van der Waals surface area contributed by atoms with Gasteiger partial charge in [-0.15, -0.1) is 13.2 Å². The second kappa shape index (κ2) is 8.44. The molecule has 0 aliphatic rings. The van der Waals surface area contributed by atoms with Crippen LogP contribution >= 0.6 is 0 Å². The van der Waals surface area contributed by atoms with Gasteiger partial charge in [0.2, 0.25) is 5.43 Å². The van der Waals surface area contributed by atoms with Crippen molar-refractivity contribution in [2.24, 2.45) is 0 Å². The number of hydrogen-bond donors (Lipinski definition) is 1. The molecule has 21 heavy (non-hydrogen) atoms. The SMILES string of the molecule is C=CCN(CC=C)Cc1c(O)c(=O)cc(C)n1CCOC. The fourth-order valence-corrected chi connectivity index (χ4v) is 2.25. The lowest BCUT2D eigenvalue weighted by Crippen LogP contribution is -2.28. The first-order chi connectivity index (χ1) is 10.0. The van der Waals surface area contributed by atoms with Crippen molar-refractivity contribution in [1.82, 2.24) is 9.47 Å². The summed E-state index contributed by atoms with van der Waals surface area (Å²) in [5.41, 5.74) is 1.05. The third kappa shape index (κ3) is 4.58. The van der Waals surface area contributed by atoms with Gasteiger partial charge in [-0.05, 0) is 6.92 Å². The number of pyridine rings is 1. The molecule has 0 aliphatic heterocycles. The van der Waals surface area contributed by atoms with Crippen LogP contribution in [-0.2, 0) is 17.8 Å². The summed E-state index contributed by atoms with van der Waals surface area (Å²) in [5, 5.41) is 10.1. The number of aromatic hydroxyl groups is 1. The van der Waals surface area contributed by atoms with Gasteiger partial charge in [0.05, 0.1) is 12.3 Å². The fraction of sp³-hybridized carbons (Fsp3) is 0.438. The van der Waals surface area contributed by atoms with E-state index in [1.165, 1.54) is 6.07 Å². The molecule has 1 rings (SSSR count). The van der Waals surface area contributed by atoms with E-state index in [-0.39, 0.29) is 11.2 Å². The van der Waals surface area contributed by atoms with E-state index in [0.29, 0.717) is 38.5 Å². The van der Waals surface area contributed by atoms with Gasteiger partial charge in [0.25, 0.3) is 0 Å². The van der Waals surface area contributed by atoms with Crippen LogP contribution in [0, 0.1) is 6.92 Å². The Kier molecular flexibility index (Phi) is 6.91. The molecule has 0 saturated heterocycles. The predicted molar refractivity (Wildman–Crippen MR) is 84.7 cm³/mol. The molecule has 0 amide bonds. The van der Waals surface area contributed by atoms with E-state index in [9.17, 15) is 9.90 Å². The molecule has 0 aromatic carbocycles. The average molecular weight is 292 g/mol. The largest absolute Gasteiger partial charge is 0.503 e. The second-order valence-corrected chi connectivity index (χ2v) is 4.86. The Labute approximate surface area is 125 Å². The van der Waals surface area contributed by atoms with Crippen LogP contribution in [0.4, 0.5) is 0 Å². The molecule has 1 N–H and O–H groups in total. The zero-order valence-corrected chi connectivity index (χ0v) is 12.8. The van der Waals surface area contributed by atoms with Crippen molar-refractivity contribution in [3.05, 3.63) is 53.0 Å². The molecule has 1 heterocycles. The Bertz CT molecular complexity index is 539. The second-order valence-electron chi connectivity index (χ2n) is 4.86. The Balaban J connectivity index is 3.19. The van der Waals surface area contributed by atoms with Gasteiger partial charge in [-0.25, -0.2) is 0 Å². The van der Waals surface area contributed by atoms with Crippen molar-refractivity contribution in [2.45, 2.75) is 20.0 Å². The summed E-state index contributed by atoms with van der Waals surface area (Å²) >= 11 is 0. The summed E-state index contributed by atoms with van der Waals surface area (Å²) in [7, 11) is 1.62. The summed E-state index contributed by atoms with van der Waals surface area (Å²) in [6.45, 7) is 12.2. The van der Waals surface area contributed by atoms with Gasteiger partial charge in [-0.1, -0.05) is 12.2 Å². The van der Waals surface area contributed by atoms with E-state index in [2.05, 4.69) is 13.2 Å². The third-order valence-electron chi connectivity index (χ3n) is 3.27. The van der Waals surface area contributed by atoms with Crippen molar-refractivity contribution in [1.29, 1.82) is 0 Å². The molecule has 5 heteroatoms. The lowest BCUT2D eigenvalue weighted by atomic mass is 10.2. The number of aromatic nitrogens is 1. The van der Waals surface area contributed by atoms with Gasteiger partial charge in [0.1, 0.15) is 0 Å². The van der Waals surface area contributed by atoms with Crippen LogP contribution in [-0.4, -0.2) is 41.4 Å². The normalized spacial score (nSPS) is 10.8. The highest BCUT2D eigenvalue weighted by molar-refractivity contribution is 5.30. The molecule has 1 aromatic heterocycles. The van der Waals surface area contributed by atoms with Crippen LogP contribution in [0.2, 0.25) is 0 Å². The number of nitrogens with zero attached hydrogens (tertiary/aromatic N) is 2. The molecule has 0 atom stereocenters. The molecule has 1 aromatic rings. The van der Waals surface area contributed by atoms with Crippen LogP contribution in [0.3, 0.4) is 0 Å². The summed E-state index contributed by atoms with van der Waals surface area (Å²) in [6.07, 6.45) is 3.57. The molecule has 0 fully saturated rings. The monoisotopic (exact) mass is 292 g/mol. The lowest BCUT2D eigenvalue weighted by molar-refractivity contribution is 0.183. The number of methoxy groups -OCH3 is 1. The van der Waals surface area contributed by atoms with Crippen molar-refractivity contribution >= 4 is 0 Å². The van der Waals surface area contributed by atoms with Crippen molar-refractivity contribution in [3.63, 3.8) is 0 Å². The molecule has 0 unspecified atom stereocenters. The fourth-order valence-electron chi connectivity index (χ4n) is 2.25. The first kappa shape index (κ1) is 17.2. The van der Waals surface area contributed by atoms with Gasteiger partial charge in [-0.3, -0.25) is 9.69 Å². The summed E-state index contributed by atoms with van der Waals surface area (Å²) in [4.78, 5) is 13.9. The Morgan fingerprint density at radius 2 is 2.00 bits per heavy atom. The molecule has 5 nitrogen and oxygen atoms in total. The number of hydrogen-bond acceptors (Lipinski definition) is 4. The number of aryl methyl sites for hydroxylation is 1. The van der Waals surface area contributed by atoms with E-state index in [1.54, 1.807) is 19.3 Å². The van der Waals surface area contributed by atoms with Crippen molar-refractivity contribution in [3.8, 4) is 5.75 Å². The van der Waals surface area contributed by atoms with Gasteiger partial charge < -0.3 is 14.4 Å². The summed E-state index contributed by atoms with van der Waals surface area (Å²) in [6, 6.07) is 1.44. The first-order valence-corrected chi connectivity index (χ1v) is 6.90. The molecular formula is C16H24N2O3. The molecule has 0 radical (unpaired) electrons. The average Bonchev–Trinajstić information content (AvgIpc) is 2.44. The molecule has 0 spiro atoms. The standard InChI is InChI=1S/C16H24N2O3/c1-5-7-17(8-6-2)12-14-16(20)15(19)11-13(3)18(14)9-10-21-4/h5-6,11,20H,1-2,7-10,12H2,3-4H3. The Morgan fingerprint density at radius 3 is 2.52 bits per heavy atom. The highest BCUT2D eigenvalue weighted by Crippen LogP contribution is 2.17. The van der Waals surface area contributed by atoms with Crippen molar-refractivity contribution in [2.75, 3.05) is 26.8 Å². The van der Waals surface area contributed by atoms with Crippen LogP contribution in [0.25, 0.3) is 0 Å². The van der Waals surface area contributed by atoms with Crippen LogP contribution in [0.5, 0.6) is 5.75 Å². The summed E-state index contributed by atoms with van der Waals surface area (Å²) < 4.78 is 7.02. The Hall–Kier alpha value is -1.85. The van der Waals surface area contributed by atoms with Gasteiger partial charge in [0.15, 0.2) is 5.75 Å². The predicted octanol–water partition coefficient (Wildman–Crippen LogP) is 1.68. The maximum atomic E-state index is 11.8. The van der Waals surface area contributed by atoms with E-state index in [1.807, 2.05) is 16.4 Å². The highest BCUT2D eigenvalue weighted by Gasteiger charge is 2.15. The van der Waals surface area contributed by atoms with Crippen molar-refractivity contribution < 1.29 is 9.84 Å². The minimum Gasteiger partial charge on any atom is -0.503 e. The number of ether oxygens (including phenoxy) is 1. The highest BCUT2D eigenvalue weighted by atomic mass is 16.5. The third-order valence-corrected chi connectivity index (χ3v) is 3.27. The zero-order valence-electron chi connectivity index (χ0n) is 12.8. The number of rotatable bonds is 9. The molecule has 0 aliphatic carbocycles. The van der Waals surface area contributed by atoms with Crippen LogP contribution < -0.4 is 5.43 Å². The topological polar surface area (TPSA) is 54.7 Å². The first-order valence-electron chi connectivity index (χ1n) is 6.90. The minimum atomic E-state index is -0.353. The summed E-state index contributed by atoms with van der Waals surface area (Å²) in [5.74, 6) is -0.199.